The van der Waals surface area contributed by atoms with Gasteiger partial charge in [0.1, 0.15) is 11.6 Å². The van der Waals surface area contributed by atoms with Crippen molar-refractivity contribution in [3.63, 3.8) is 0 Å². The predicted octanol–water partition coefficient (Wildman–Crippen LogP) is 11.3. The number of rotatable bonds is 9. The molecule has 0 atom stereocenters. The van der Waals surface area contributed by atoms with Gasteiger partial charge in [0, 0.05) is 35.8 Å². The molecule has 0 aliphatic heterocycles. The second kappa shape index (κ2) is 13.4. The van der Waals surface area contributed by atoms with Crippen molar-refractivity contribution in [2.75, 3.05) is 4.90 Å². The molecule has 0 spiro atoms. The summed E-state index contributed by atoms with van der Waals surface area (Å²) in [6.07, 6.45) is 15.3. The van der Waals surface area contributed by atoms with Crippen LogP contribution in [0.15, 0.2) is 134 Å². The zero-order valence-electron chi connectivity index (χ0n) is 27.0. The van der Waals surface area contributed by atoms with Gasteiger partial charge in [-0.1, -0.05) is 111 Å². The van der Waals surface area contributed by atoms with Crippen LogP contribution in [0.4, 0.5) is 17.2 Å². The Morgan fingerprint density at radius 1 is 0.617 bits per heavy atom. The van der Waals surface area contributed by atoms with Crippen LogP contribution in [0.5, 0.6) is 0 Å². The fraction of sp³-hybridized carbons (Fsp3) is 0.256. The molecule has 2 aromatic heterocycles. The number of hydrogen-bond donors (Lipinski definition) is 0. The van der Waals surface area contributed by atoms with E-state index in [1.54, 1.807) is 0 Å². The summed E-state index contributed by atoms with van der Waals surface area (Å²) in [5.41, 5.74) is 10.0. The van der Waals surface area contributed by atoms with Crippen LogP contribution in [-0.2, 0) is 6.42 Å². The van der Waals surface area contributed by atoms with E-state index in [4.69, 9.17) is 9.97 Å². The van der Waals surface area contributed by atoms with E-state index in [-0.39, 0.29) is 0 Å². The first-order chi connectivity index (χ1) is 23.3. The summed E-state index contributed by atoms with van der Waals surface area (Å²) in [5, 5.41) is 0. The molecule has 2 saturated carbocycles. The van der Waals surface area contributed by atoms with E-state index in [2.05, 4.69) is 125 Å². The number of aromatic nitrogens is 3. The van der Waals surface area contributed by atoms with Gasteiger partial charge in [-0.3, -0.25) is 4.90 Å². The molecule has 4 aromatic carbocycles. The highest BCUT2D eigenvalue weighted by Crippen LogP contribution is 2.44. The lowest BCUT2D eigenvalue weighted by molar-refractivity contribution is 0.684. The highest BCUT2D eigenvalue weighted by molar-refractivity contribution is 5.74. The summed E-state index contributed by atoms with van der Waals surface area (Å²) >= 11 is 0. The third kappa shape index (κ3) is 6.13. The van der Waals surface area contributed by atoms with Crippen LogP contribution in [0.3, 0.4) is 0 Å². The summed E-state index contributed by atoms with van der Waals surface area (Å²) < 4.78 is 2.49. The highest BCUT2D eigenvalue weighted by atomic mass is 15.2. The Bertz CT molecular complexity index is 1840. The second-order valence-electron chi connectivity index (χ2n) is 13.2. The maximum atomic E-state index is 5.42. The molecule has 0 amide bonds. The Morgan fingerprint density at radius 2 is 1.23 bits per heavy atom. The molecule has 2 aliphatic rings. The molecule has 4 heteroatoms. The first-order valence-corrected chi connectivity index (χ1v) is 17.4. The lowest BCUT2D eigenvalue weighted by Gasteiger charge is -2.25. The van der Waals surface area contributed by atoms with Crippen LogP contribution in [0.25, 0.3) is 16.9 Å². The average molecular weight is 615 g/mol. The minimum atomic E-state index is 0.614. The molecular formula is C43H42N4. The Labute approximate surface area is 278 Å². The van der Waals surface area contributed by atoms with Gasteiger partial charge in [-0.15, -0.1) is 0 Å². The van der Waals surface area contributed by atoms with E-state index in [9.17, 15) is 0 Å². The quantitative estimate of drug-likeness (QED) is 0.162. The highest BCUT2D eigenvalue weighted by Gasteiger charge is 2.28. The zero-order chi connectivity index (χ0) is 31.4. The fourth-order valence-corrected chi connectivity index (χ4v) is 7.94. The van der Waals surface area contributed by atoms with Gasteiger partial charge in [0.25, 0.3) is 0 Å². The minimum absolute atomic E-state index is 0.614. The molecule has 0 radical (unpaired) electrons. The van der Waals surface area contributed by atoms with Crippen molar-refractivity contribution in [2.45, 2.75) is 69.6 Å². The number of benzene rings is 4. The molecule has 2 heterocycles. The van der Waals surface area contributed by atoms with Crippen LogP contribution in [-0.4, -0.2) is 14.5 Å². The molecule has 0 unspecified atom stereocenters. The first-order valence-electron chi connectivity index (χ1n) is 17.4. The molecule has 0 bridgehead atoms. The maximum absolute atomic E-state index is 5.42. The van der Waals surface area contributed by atoms with E-state index in [0.717, 1.165) is 40.7 Å². The van der Waals surface area contributed by atoms with Gasteiger partial charge in [-0.05, 0) is 90.6 Å². The summed E-state index contributed by atoms with van der Waals surface area (Å²) in [7, 11) is 0. The van der Waals surface area contributed by atoms with Crippen LogP contribution in [0, 0.1) is 0 Å². The van der Waals surface area contributed by atoms with E-state index in [1.165, 1.54) is 73.7 Å². The molecule has 0 saturated heterocycles. The normalized spacial score (nSPS) is 15.3. The van der Waals surface area contributed by atoms with E-state index in [1.807, 2.05) is 18.3 Å². The van der Waals surface area contributed by atoms with E-state index < -0.39 is 0 Å². The van der Waals surface area contributed by atoms with Crippen molar-refractivity contribution >= 4 is 17.2 Å². The first kappa shape index (κ1) is 29.4. The van der Waals surface area contributed by atoms with Crippen molar-refractivity contribution in [3.05, 3.63) is 156 Å². The Kier molecular flexibility index (Phi) is 8.40. The largest absolute Gasteiger partial charge is 0.302 e. The monoisotopic (exact) mass is 614 g/mol. The number of anilines is 3. The molecule has 47 heavy (non-hydrogen) atoms. The van der Waals surface area contributed by atoms with Crippen molar-refractivity contribution in [3.8, 4) is 16.9 Å². The SMILES string of the molecule is c1ccc(-c2cn(-c3c(C4CCCC4)cccc3C3CCCC3)c(Cc3cccc(N(c4ccccc4)c4ccccn4)c3)n2)cc1. The predicted molar refractivity (Wildman–Crippen MR) is 193 cm³/mol. The summed E-state index contributed by atoms with van der Waals surface area (Å²) in [4.78, 5) is 12.4. The Morgan fingerprint density at radius 3 is 1.89 bits per heavy atom. The number of imidazole rings is 1. The van der Waals surface area contributed by atoms with Crippen molar-refractivity contribution < 1.29 is 0 Å². The third-order valence-corrected chi connectivity index (χ3v) is 10.2. The Hall–Kier alpha value is -4.96. The molecule has 0 N–H and O–H groups in total. The van der Waals surface area contributed by atoms with Gasteiger partial charge >= 0.3 is 0 Å². The van der Waals surface area contributed by atoms with Crippen molar-refractivity contribution in [1.82, 2.24) is 14.5 Å². The van der Waals surface area contributed by atoms with E-state index >= 15 is 0 Å². The number of pyridine rings is 1. The number of nitrogens with zero attached hydrogens (tertiary/aromatic N) is 4. The summed E-state index contributed by atoms with van der Waals surface area (Å²) in [6, 6.07) is 43.4. The molecule has 4 nitrogen and oxygen atoms in total. The van der Waals surface area contributed by atoms with Crippen LogP contribution < -0.4 is 4.90 Å². The third-order valence-electron chi connectivity index (χ3n) is 10.2. The maximum Gasteiger partial charge on any atom is 0.137 e. The number of para-hydroxylation sites is 2. The molecule has 6 aromatic rings. The smallest absolute Gasteiger partial charge is 0.137 e. The van der Waals surface area contributed by atoms with Crippen LogP contribution in [0.1, 0.15) is 85.7 Å². The lowest BCUT2D eigenvalue weighted by atomic mass is 9.88. The average Bonchev–Trinajstić information content (AvgIpc) is 3.93. The number of hydrogen-bond acceptors (Lipinski definition) is 3. The fourth-order valence-electron chi connectivity index (χ4n) is 7.94. The topological polar surface area (TPSA) is 34.0 Å². The van der Waals surface area contributed by atoms with Gasteiger partial charge in [0.05, 0.1) is 11.4 Å². The lowest BCUT2D eigenvalue weighted by Crippen LogP contribution is -2.13. The summed E-state index contributed by atoms with van der Waals surface area (Å²) in [5.74, 6) is 3.22. The van der Waals surface area contributed by atoms with Gasteiger partial charge in [-0.25, -0.2) is 9.97 Å². The molecule has 2 fully saturated rings. The zero-order valence-corrected chi connectivity index (χ0v) is 27.0. The van der Waals surface area contributed by atoms with Gasteiger partial charge in [0.2, 0.25) is 0 Å². The molecular weight excluding hydrogens is 573 g/mol. The standard InChI is InChI=1S/C43H42N4/c1-3-20-35(21-4-1)40-31-46(43-38(33-16-7-8-17-33)25-14-26-39(43)34-18-9-10-19-34)42(45-40)30-32-15-13-24-37(29-32)47(36-22-5-2-6-23-36)41-27-11-12-28-44-41/h1-6,11-15,20-29,31,33-34H,7-10,16-19,30H2. The second-order valence-corrected chi connectivity index (χ2v) is 13.2. The van der Waals surface area contributed by atoms with Gasteiger partial charge in [0.15, 0.2) is 0 Å². The van der Waals surface area contributed by atoms with Gasteiger partial charge < -0.3 is 4.57 Å². The van der Waals surface area contributed by atoms with Crippen molar-refractivity contribution in [2.24, 2.45) is 0 Å². The Balaban J connectivity index is 1.25. The van der Waals surface area contributed by atoms with Crippen molar-refractivity contribution in [1.29, 1.82) is 0 Å². The van der Waals surface area contributed by atoms with Crippen LogP contribution >= 0.6 is 0 Å². The molecule has 2 aliphatic carbocycles. The van der Waals surface area contributed by atoms with Gasteiger partial charge in [-0.2, -0.15) is 0 Å². The summed E-state index contributed by atoms with van der Waals surface area (Å²) in [6.45, 7) is 0. The molecule has 8 rings (SSSR count). The van der Waals surface area contributed by atoms with E-state index in [0.29, 0.717) is 11.8 Å². The minimum Gasteiger partial charge on any atom is -0.302 e. The van der Waals surface area contributed by atoms with Crippen LogP contribution in [0.2, 0.25) is 0 Å². The molecule has 234 valence electrons.